The molecule has 0 amide bonds. The van der Waals surface area contributed by atoms with Gasteiger partial charge in [0.15, 0.2) is 5.16 Å². The summed E-state index contributed by atoms with van der Waals surface area (Å²) < 4.78 is 7.29. The number of ether oxygens (including phenoxy) is 1. The van der Waals surface area contributed by atoms with Crippen molar-refractivity contribution in [1.82, 2.24) is 14.8 Å². The summed E-state index contributed by atoms with van der Waals surface area (Å²) in [4.78, 5) is 0. The Balaban J connectivity index is 1.47. The van der Waals surface area contributed by atoms with Gasteiger partial charge in [0.05, 0.1) is 12.8 Å². The summed E-state index contributed by atoms with van der Waals surface area (Å²) >= 11 is 1.67. The molecule has 1 aromatic heterocycles. The number of aromatic nitrogens is 3. The Morgan fingerprint density at radius 3 is 2.44 bits per heavy atom. The van der Waals surface area contributed by atoms with Gasteiger partial charge in [-0.1, -0.05) is 72.4 Å². The first kappa shape index (κ1) is 17.4. The molecule has 0 saturated carbocycles. The summed E-state index contributed by atoms with van der Waals surface area (Å²) in [5.74, 6) is 1.64. The van der Waals surface area contributed by atoms with E-state index >= 15 is 0 Å². The molecule has 5 heteroatoms. The maximum Gasteiger partial charge on any atom is 0.195 e. The molecule has 0 radical (unpaired) electrons. The molecule has 0 aliphatic heterocycles. The normalized spacial score (nSPS) is 10.7. The van der Waals surface area contributed by atoms with Crippen LogP contribution in [0.25, 0.3) is 16.8 Å². The zero-order valence-electron chi connectivity index (χ0n) is 14.9. The van der Waals surface area contributed by atoms with E-state index in [1.807, 2.05) is 34.9 Å². The average Bonchev–Trinajstić information content (AvgIpc) is 3.22. The number of thioether (sulfide) groups is 1. The first-order valence-corrected chi connectivity index (χ1v) is 9.63. The number of methoxy groups -OCH3 is 1. The van der Waals surface area contributed by atoms with Gasteiger partial charge >= 0.3 is 0 Å². The van der Waals surface area contributed by atoms with Crippen LogP contribution in [0.2, 0.25) is 0 Å². The van der Waals surface area contributed by atoms with E-state index in [9.17, 15) is 0 Å². The average molecular weight is 373 g/mol. The molecular weight excluding hydrogens is 354 g/mol. The highest BCUT2D eigenvalue weighted by molar-refractivity contribution is 7.98. The van der Waals surface area contributed by atoms with E-state index < -0.39 is 0 Å². The van der Waals surface area contributed by atoms with E-state index in [0.717, 1.165) is 22.3 Å². The van der Waals surface area contributed by atoms with Crippen LogP contribution in [-0.4, -0.2) is 21.9 Å². The van der Waals surface area contributed by atoms with Gasteiger partial charge in [0.1, 0.15) is 12.1 Å². The summed E-state index contributed by atoms with van der Waals surface area (Å²) in [7, 11) is 1.67. The lowest BCUT2D eigenvalue weighted by Gasteiger charge is -2.08. The minimum Gasteiger partial charge on any atom is -0.497 e. The number of hydrogen-bond donors (Lipinski definition) is 0. The predicted molar refractivity (Wildman–Crippen MR) is 109 cm³/mol. The lowest BCUT2D eigenvalue weighted by Crippen LogP contribution is -1.96. The van der Waals surface area contributed by atoms with Crippen molar-refractivity contribution in [2.75, 3.05) is 7.11 Å². The van der Waals surface area contributed by atoms with Crippen molar-refractivity contribution in [3.05, 3.63) is 90.8 Å². The van der Waals surface area contributed by atoms with E-state index in [-0.39, 0.29) is 0 Å². The molecule has 134 valence electrons. The molecule has 0 aliphatic rings. The largest absolute Gasteiger partial charge is 0.497 e. The Morgan fingerprint density at radius 2 is 1.67 bits per heavy atom. The second kappa shape index (κ2) is 8.10. The summed E-state index contributed by atoms with van der Waals surface area (Å²) in [5.41, 5.74) is 4.69. The molecule has 0 unspecified atom stereocenters. The van der Waals surface area contributed by atoms with Gasteiger partial charge in [0.2, 0.25) is 0 Å². The molecule has 0 saturated heterocycles. The van der Waals surface area contributed by atoms with Crippen LogP contribution in [0.3, 0.4) is 0 Å². The molecule has 27 heavy (non-hydrogen) atoms. The molecule has 0 spiro atoms. The van der Waals surface area contributed by atoms with Gasteiger partial charge in [-0.05, 0) is 28.8 Å². The van der Waals surface area contributed by atoms with Crippen LogP contribution in [0.5, 0.6) is 5.75 Å². The van der Waals surface area contributed by atoms with Gasteiger partial charge < -0.3 is 4.74 Å². The maximum atomic E-state index is 5.31. The van der Waals surface area contributed by atoms with Crippen molar-refractivity contribution in [3.8, 4) is 22.6 Å². The third-order valence-corrected chi connectivity index (χ3v) is 5.29. The van der Waals surface area contributed by atoms with Gasteiger partial charge in [-0.2, -0.15) is 0 Å². The van der Waals surface area contributed by atoms with Crippen LogP contribution < -0.4 is 4.74 Å². The van der Waals surface area contributed by atoms with E-state index in [0.29, 0.717) is 0 Å². The van der Waals surface area contributed by atoms with Gasteiger partial charge in [-0.15, -0.1) is 10.2 Å². The maximum absolute atomic E-state index is 5.31. The third-order valence-electron chi connectivity index (χ3n) is 4.28. The highest BCUT2D eigenvalue weighted by Crippen LogP contribution is 2.26. The van der Waals surface area contributed by atoms with Gasteiger partial charge in [-0.25, -0.2) is 0 Å². The van der Waals surface area contributed by atoms with Gasteiger partial charge in [0, 0.05) is 11.8 Å². The fraction of sp³-hybridized carbons (Fsp3) is 0.0909. The van der Waals surface area contributed by atoms with Crippen LogP contribution in [-0.2, 0) is 5.75 Å². The number of hydrogen-bond acceptors (Lipinski definition) is 4. The quantitative estimate of drug-likeness (QED) is 0.434. The molecule has 1 heterocycles. The molecule has 0 atom stereocenters. The zero-order valence-corrected chi connectivity index (χ0v) is 15.8. The Labute approximate surface area is 162 Å². The Morgan fingerprint density at radius 1 is 0.889 bits per heavy atom. The number of nitrogens with zero attached hydrogens (tertiary/aromatic N) is 3. The van der Waals surface area contributed by atoms with E-state index in [1.54, 1.807) is 25.2 Å². The summed E-state index contributed by atoms with van der Waals surface area (Å²) in [6.07, 6.45) is 1.73. The topological polar surface area (TPSA) is 39.9 Å². The second-order valence-electron chi connectivity index (χ2n) is 6.04. The minimum atomic E-state index is 0.814. The lowest BCUT2D eigenvalue weighted by molar-refractivity contribution is 0.414. The first-order chi connectivity index (χ1) is 13.3. The van der Waals surface area contributed by atoms with E-state index in [2.05, 4.69) is 58.7 Å². The van der Waals surface area contributed by atoms with Gasteiger partial charge in [0.25, 0.3) is 0 Å². The summed E-state index contributed by atoms with van der Waals surface area (Å²) in [5, 5.41) is 9.19. The lowest BCUT2D eigenvalue weighted by atomic mass is 10.0. The molecule has 0 aliphatic carbocycles. The van der Waals surface area contributed by atoms with Crippen LogP contribution in [0.15, 0.2) is 90.3 Å². The van der Waals surface area contributed by atoms with Crippen molar-refractivity contribution < 1.29 is 4.74 Å². The first-order valence-electron chi connectivity index (χ1n) is 8.65. The fourth-order valence-corrected chi connectivity index (χ4v) is 3.72. The van der Waals surface area contributed by atoms with Crippen LogP contribution in [0, 0.1) is 0 Å². The molecular formula is C22H19N3OS. The zero-order chi connectivity index (χ0) is 18.5. The van der Waals surface area contributed by atoms with Crippen molar-refractivity contribution in [1.29, 1.82) is 0 Å². The molecule has 4 aromatic rings. The highest BCUT2D eigenvalue weighted by atomic mass is 32.2. The smallest absolute Gasteiger partial charge is 0.195 e. The molecule has 0 bridgehead atoms. The Bertz CT molecular complexity index is 1010. The molecule has 4 rings (SSSR count). The minimum absolute atomic E-state index is 0.814. The number of rotatable bonds is 6. The Kier molecular flexibility index (Phi) is 5.21. The van der Waals surface area contributed by atoms with Gasteiger partial charge in [-0.3, -0.25) is 4.57 Å². The van der Waals surface area contributed by atoms with Crippen LogP contribution >= 0.6 is 11.8 Å². The van der Waals surface area contributed by atoms with Crippen molar-refractivity contribution in [2.24, 2.45) is 0 Å². The van der Waals surface area contributed by atoms with E-state index in [1.165, 1.54) is 16.7 Å². The highest BCUT2D eigenvalue weighted by Gasteiger charge is 2.08. The number of benzene rings is 3. The Hall–Kier alpha value is -3.05. The van der Waals surface area contributed by atoms with Crippen LogP contribution in [0.4, 0.5) is 0 Å². The van der Waals surface area contributed by atoms with Crippen molar-refractivity contribution in [2.45, 2.75) is 10.9 Å². The van der Waals surface area contributed by atoms with E-state index in [4.69, 9.17) is 4.74 Å². The summed E-state index contributed by atoms with van der Waals surface area (Å²) in [6.45, 7) is 0. The van der Waals surface area contributed by atoms with Crippen LogP contribution in [0.1, 0.15) is 5.56 Å². The summed E-state index contributed by atoms with van der Waals surface area (Å²) in [6, 6.07) is 27.0. The molecule has 4 nitrogen and oxygen atoms in total. The third kappa shape index (κ3) is 4.04. The molecule has 0 fully saturated rings. The SMILES string of the molecule is COc1cccc(-n2cnnc2SCc2ccc(-c3ccccc3)cc2)c1. The fourth-order valence-electron chi connectivity index (χ4n) is 2.83. The predicted octanol–water partition coefficient (Wildman–Crippen LogP) is 5.24. The van der Waals surface area contributed by atoms with Crippen molar-refractivity contribution in [3.63, 3.8) is 0 Å². The molecule has 3 aromatic carbocycles. The molecule has 0 N–H and O–H groups in total. The standard InChI is InChI=1S/C22H19N3OS/c1-26-21-9-5-8-20(14-21)25-16-23-24-22(25)27-15-17-10-12-19(13-11-17)18-6-3-2-4-7-18/h2-14,16H,15H2,1H3. The van der Waals surface area contributed by atoms with Crippen molar-refractivity contribution >= 4 is 11.8 Å². The monoisotopic (exact) mass is 373 g/mol. The second-order valence-corrected chi connectivity index (χ2v) is 6.98.